The molecule has 0 aliphatic rings. The number of nitrogens with one attached hydrogen (secondary N) is 1. The third-order valence-corrected chi connectivity index (χ3v) is 3.71. The molecule has 0 saturated heterocycles. The molecule has 0 radical (unpaired) electrons. The van der Waals surface area contributed by atoms with Crippen molar-refractivity contribution in [2.45, 2.75) is 53.0 Å². The predicted molar refractivity (Wildman–Crippen MR) is 85.2 cm³/mol. The van der Waals surface area contributed by atoms with Crippen molar-refractivity contribution in [2.24, 2.45) is 5.92 Å². The maximum absolute atomic E-state index is 12.5. The van der Waals surface area contributed by atoms with Crippen molar-refractivity contribution in [3.63, 3.8) is 0 Å². The van der Waals surface area contributed by atoms with Crippen molar-refractivity contribution >= 4 is 16.9 Å². The SMILES string of the molecule is CCC(CC)C(=O)Nn1cnc2c(cnn2C(C)(C)C)c1=O. The second-order valence-electron chi connectivity index (χ2n) is 6.37. The minimum absolute atomic E-state index is 0.111. The van der Waals surface area contributed by atoms with Crippen molar-refractivity contribution < 1.29 is 4.79 Å². The predicted octanol–water partition coefficient (Wildman–Crippen LogP) is 1.85. The van der Waals surface area contributed by atoms with Crippen LogP contribution in [0.3, 0.4) is 0 Å². The van der Waals surface area contributed by atoms with E-state index in [4.69, 9.17) is 0 Å². The number of hydrogen-bond donors (Lipinski definition) is 1. The molecule has 1 amide bonds. The van der Waals surface area contributed by atoms with Crippen LogP contribution >= 0.6 is 0 Å². The lowest BCUT2D eigenvalue weighted by molar-refractivity contribution is -0.121. The second-order valence-corrected chi connectivity index (χ2v) is 6.37. The van der Waals surface area contributed by atoms with E-state index < -0.39 is 0 Å². The first-order valence-electron chi connectivity index (χ1n) is 7.56. The van der Waals surface area contributed by atoms with Crippen molar-refractivity contribution in [2.75, 3.05) is 5.43 Å². The van der Waals surface area contributed by atoms with Crippen molar-refractivity contribution in [3.8, 4) is 0 Å². The topological polar surface area (TPSA) is 81.8 Å². The summed E-state index contributed by atoms with van der Waals surface area (Å²) in [5.74, 6) is -0.281. The highest BCUT2D eigenvalue weighted by Crippen LogP contribution is 2.17. The maximum atomic E-state index is 12.5. The molecule has 0 spiro atoms. The third-order valence-electron chi connectivity index (χ3n) is 3.71. The molecule has 0 aliphatic carbocycles. The van der Waals surface area contributed by atoms with E-state index in [1.165, 1.54) is 12.5 Å². The summed E-state index contributed by atoms with van der Waals surface area (Å²) in [7, 11) is 0. The largest absolute Gasteiger partial charge is 0.283 e. The van der Waals surface area contributed by atoms with Crippen LogP contribution in [-0.4, -0.2) is 25.3 Å². The van der Waals surface area contributed by atoms with Crippen LogP contribution in [0.25, 0.3) is 11.0 Å². The van der Waals surface area contributed by atoms with Crippen LogP contribution in [0.1, 0.15) is 47.5 Å². The lowest BCUT2D eigenvalue weighted by Gasteiger charge is -2.19. The number of aromatic nitrogens is 4. The number of carbonyl (C=O) groups excluding carboxylic acids is 1. The van der Waals surface area contributed by atoms with Crippen molar-refractivity contribution in [1.82, 2.24) is 19.4 Å². The van der Waals surface area contributed by atoms with E-state index >= 15 is 0 Å². The Morgan fingerprint density at radius 3 is 2.50 bits per heavy atom. The van der Waals surface area contributed by atoms with Crippen LogP contribution in [0.4, 0.5) is 0 Å². The van der Waals surface area contributed by atoms with Crippen LogP contribution in [0.15, 0.2) is 17.3 Å². The van der Waals surface area contributed by atoms with Crippen molar-refractivity contribution in [1.29, 1.82) is 0 Å². The first kappa shape index (κ1) is 16.2. The zero-order chi connectivity index (χ0) is 16.5. The van der Waals surface area contributed by atoms with E-state index in [1.54, 1.807) is 4.68 Å². The molecule has 0 bridgehead atoms. The normalized spacial score (nSPS) is 12.1. The zero-order valence-corrected chi connectivity index (χ0v) is 13.8. The Labute approximate surface area is 129 Å². The van der Waals surface area contributed by atoms with E-state index in [0.29, 0.717) is 11.0 Å². The van der Waals surface area contributed by atoms with Gasteiger partial charge in [0.25, 0.3) is 5.56 Å². The summed E-state index contributed by atoms with van der Waals surface area (Å²) in [5, 5.41) is 4.63. The van der Waals surface area contributed by atoms with Crippen LogP contribution in [-0.2, 0) is 10.3 Å². The Bertz CT molecular complexity index is 734. The number of hydrogen-bond acceptors (Lipinski definition) is 4. The van der Waals surface area contributed by atoms with Gasteiger partial charge in [0.2, 0.25) is 5.91 Å². The van der Waals surface area contributed by atoms with Gasteiger partial charge < -0.3 is 0 Å². The fraction of sp³-hybridized carbons (Fsp3) is 0.600. The van der Waals surface area contributed by atoms with Crippen molar-refractivity contribution in [3.05, 3.63) is 22.9 Å². The lowest BCUT2D eigenvalue weighted by Crippen LogP contribution is -2.36. The molecule has 120 valence electrons. The first-order chi connectivity index (χ1) is 10.3. The maximum Gasteiger partial charge on any atom is 0.283 e. The van der Waals surface area contributed by atoms with Gasteiger partial charge in [0.15, 0.2) is 5.65 Å². The molecule has 7 nitrogen and oxygen atoms in total. The number of rotatable bonds is 4. The zero-order valence-electron chi connectivity index (χ0n) is 13.8. The van der Waals surface area contributed by atoms with E-state index in [0.717, 1.165) is 17.5 Å². The molecular formula is C15H23N5O2. The molecule has 1 N–H and O–H groups in total. The quantitative estimate of drug-likeness (QED) is 0.934. The van der Waals surface area contributed by atoms with Crippen LogP contribution in [0.5, 0.6) is 0 Å². The van der Waals surface area contributed by atoms with Gasteiger partial charge in [-0.25, -0.2) is 14.3 Å². The highest BCUT2D eigenvalue weighted by molar-refractivity contribution is 5.86. The third kappa shape index (κ3) is 2.88. The van der Waals surface area contributed by atoms with Gasteiger partial charge in [-0.15, -0.1) is 0 Å². The summed E-state index contributed by atoms with van der Waals surface area (Å²) in [6, 6.07) is 0. The van der Waals surface area contributed by atoms with Gasteiger partial charge in [0.1, 0.15) is 11.7 Å². The molecule has 0 atom stereocenters. The van der Waals surface area contributed by atoms with E-state index in [1.807, 2.05) is 34.6 Å². The highest BCUT2D eigenvalue weighted by Gasteiger charge is 2.21. The molecule has 2 rings (SSSR count). The Kier molecular flexibility index (Phi) is 4.35. The monoisotopic (exact) mass is 305 g/mol. The molecule has 7 heteroatoms. The molecule has 22 heavy (non-hydrogen) atoms. The molecule has 2 aromatic rings. The summed E-state index contributed by atoms with van der Waals surface area (Å²) in [4.78, 5) is 28.8. The smallest absolute Gasteiger partial charge is 0.273 e. The molecule has 0 aromatic carbocycles. The standard InChI is InChI=1S/C15H23N5O2/c1-6-10(7-2)13(21)18-19-9-16-12-11(14(19)22)8-17-20(12)15(3,4)5/h8-10H,6-7H2,1-5H3,(H,18,21). The van der Waals surface area contributed by atoms with Gasteiger partial charge >= 0.3 is 0 Å². The Morgan fingerprint density at radius 2 is 1.95 bits per heavy atom. The second kappa shape index (κ2) is 5.90. The summed E-state index contributed by atoms with van der Waals surface area (Å²) < 4.78 is 2.84. The number of fused-ring (bicyclic) bond motifs is 1. The molecule has 0 unspecified atom stereocenters. The Hall–Kier alpha value is -2.18. The minimum Gasteiger partial charge on any atom is -0.273 e. The average molecular weight is 305 g/mol. The van der Waals surface area contributed by atoms with Gasteiger partial charge in [0, 0.05) is 5.92 Å². The molecule has 0 saturated carbocycles. The average Bonchev–Trinajstić information content (AvgIpc) is 2.88. The molecule has 2 aromatic heterocycles. The summed E-state index contributed by atoms with van der Waals surface area (Å²) in [6.45, 7) is 9.86. The summed E-state index contributed by atoms with van der Waals surface area (Å²) >= 11 is 0. The van der Waals surface area contributed by atoms with Gasteiger partial charge in [-0.3, -0.25) is 15.0 Å². The fourth-order valence-corrected chi connectivity index (χ4v) is 2.35. The fourth-order valence-electron chi connectivity index (χ4n) is 2.35. The number of amides is 1. The Balaban J connectivity index is 2.41. The van der Waals surface area contributed by atoms with Crippen LogP contribution in [0.2, 0.25) is 0 Å². The molecular weight excluding hydrogens is 282 g/mol. The van der Waals surface area contributed by atoms with Gasteiger partial charge in [0.05, 0.1) is 11.7 Å². The highest BCUT2D eigenvalue weighted by atomic mass is 16.2. The van der Waals surface area contributed by atoms with E-state index in [9.17, 15) is 9.59 Å². The van der Waals surface area contributed by atoms with Gasteiger partial charge in [-0.1, -0.05) is 13.8 Å². The lowest BCUT2D eigenvalue weighted by atomic mass is 10.0. The first-order valence-corrected chi connectivity index (χ1v) is 7.56. The number of carbonyl (C=O) groups is 1. The minimum atomic E-state index is -0.320. The van der Waals surface area contributed by atoms with E-state index in [2.05, 4.69) is 15.5 Å². The summed E-state index contributed by atoms with van der Waals surface area (Å²) in [5.41, 5.74) is 2.55. The van der Waals surface area contributed by atoms with Gasteiger partial charge in [-0.2, -0.15) is 5.10 Å². The van der Waals surface area contributed by atoms with E-state index in [-0.39, 0.29) is 22.9 Å². The summed E-state index contributed by atoms with van der Waals surface area (Å²) in [6.07, 6.45) is 4.30. The van der Waals surface area contributed by atoms with Gasteiger partial charge in [-0.05, 0) is 33.6 Å². The Morgan fingerprint density at radius 1 is 1.32 bits per heavy atom. The number of nitrogens with zero attached hydrogens (tertiary/aromatic N) is 4. The van der Waals surface area contributed by atoms with Crippen LogP contribution in [0, 0.1) is 5.92 Å². The molecule has 0 aliphatic heterocycles. The van der Waals surface area contributed by atoms with Crippen LogP contribution < -0.4 is 11.0 Å². The molecule has 2 heterocycles. The molecule has 0 fully saturated rings.